The molecule has 0 aliphatic carbocycles. The number of rotatable bonds is 3. The van der Waals surface area contributed by atoms with Gasteiger partial charge in [-0.05, 0) is 89.5 Å². The number of aromatic nitrogens is 1. The molecule has 3 nitrogen and oxygen atoms in total. The highest BCUT2D eigenvalue weighted by Crippen LogP contribution is 2.46. The fourth-order valence-corrected chi connectivity index (χ4v) is 9.23. The first-order valence-electron chi connectivity index (χ1n) is 17.5. The Kier molecular flexibility index (Phi) is 6.27. The largest absolute Gasteiger partial charge is 0.456 e. The first-order valence-corrected chi connectivity index (χ1v) is 18.3. The Morgan fingerprint density at radius 2 is 1.21 bits per heavy atom. The second-order valence-electron chi connectivity index (χ2n) is 13.4. The molecular weight excluding hydrogens is 653 g/mol. The standard InChI is InChI=1S/C48H30N2OS/c1-30-35-22-20-32(27-42(35)49(33-12-4-2-5-13-33)25-24-47-48(30)37-17-9-11-19-46(37)52-47)31-21-23-41-38(26-31)39-29-45-40(36-16-8-10-18-44(36)51-45)28-43(39)50(41)34-14-6-3-7-15-34/h2-29H,1H2/b25-24-. The minimum absolute atomic E-state index is 0.899. The van der Waals surface area contributed by atoms with E-state index in [0.717, 1.165) is 77.7 Å². The third-order valence-electron chi connectivity index (χ3n) is 10.5. The molecule has 0 fully saturated rings. The number of hydrogen-bond acceptors (Lipinski definition) is 3. The second kappa shape index (κ2) is 11.2. The monoisotopic (exact) mass is 682 g/mol. The van der Waals surface area contributed by atoms with Crippen molar-refractivity contribution in [1.29, 1.82) is 0 Å². The van der Waals surface area contributed by atoms with Gasteiger partial charge < -0.3 is 13.9 Å². The van der Waals surface area contributed by atoms with Crippen molar-refractivity contribution < 1.29 is 4.42 Å². The van der Waals surface area contributed by atoms with Crippen molar-refractivity contribution in [3.8, 4) is 16.8 Å². The van der Waals surface area contributed by atoms with E-state index in [1.807, 2.05) is 23.5 Å². The van der Waals surface area contributed by atoms with E-state index in [0.29, 0.717) is 0 Å². The van der Waals surface area contributed by atoms with Crippen LogP contribution in [0.3, 0.4) is 0 Å². The van der Waals surface area contributed by atoms with Crippen molar-refractivity contribution in [2.45, 2.75) is 0 Å². The van der Waals surface area contributed by atoms with Crippen LogP contribution in [0, 0.1) is 0 Å². The summed E-state index contributed by atoms with van der Waals surface area (Å²) in [5.74, 6) is 0. The highest BCUT2D eigenvalue weighted by molar-refractivity contribution is 7.20. The van der Waals surface area contributed by atoms with Gasteiger partial charge in [-0.25, -0.2) is 0 Å². The lowest BCUT2D eigenvalue weighted by Gasteiger charge is -2.27. The molecule has 52 heavy (non-hydrogen) atoms. The number of furan rings is 1. The summed E-state index contributed by atoms with van der Waals surface area (Å²) in [6, 6.07) is 56.4. The van der Waals surface area contributed by atoms with Crippen LogP contribution in [0.15, 0.2) is 175 Å². The highest BCUT2D eigenvalue weighted by Gasteiger charge is 2.23. The van der Waals surface area contributed by atoms with Crippen LogP contribution in [0.4, 0.5) is 11.4 Å². The molecule has 10 aromatic rings. The van der Waals surface area contributed by atoms with Crippen molar-refractivity contribution in [2.75, 3.05) is 4.90 Å². The van der Waals surface area contributed by atoms with Gasteiger partial charge in [0, 0.05) is 65.2 Å². The molecule has 0 bridgehead atoms. The normalized spacial score (nSPS) is 13.5. The van der Waals surface area contributed by atoms with Gasteiger partial charge in [0.2, 0.25) is 0 Å². The van der Waals surface area contributed by atoms with Crippen LogP contribution in [0.5, 0.6) is 0 Å². The fourth-order valence-electron chi connectivity index (χ4n) is 8.10. The fraction of sp³-hybridized carbons (Fsp3) is 0. The summed E-state index contributed by atoms with van der Waals surface area (Å²) in [5.41, 5.74) is 13.1. The minimum atomic E-state index is 0.899. The molecule has 3 aromatic heterocycles. The molecule has 1 aliphatic heterocycles. The Bertz CT molecular complexity index is 3090. The predicted molar refractivity (Wildman–Crippen MR) is 221 cm³/mol. The van der Waals surface area contributed by atoms with E-state index in [1.165, 1.54) is 25.9 Å². The number of fused-ring (bicyclic) bond motifs is 10. The summed E-state index contributed by atoms with van der Waals surface area (Å²) in [5, 5.41) is 5.86. The summed E-state index contributed by atoms with van der Waals surface area (Å²) in [7, 11) is 0. The van der Waals surface area contributed by atoms with E-state index in [2.05, 4.69) is 167 Å². The Morgan fingerprint density at radius 1 is 0.519 bits per heavy atom. The van der Waals surface area contributed by atoms with Crippen LogP contribution >= 0.6 is 11.3 Å². The summed E-state index contributed by atoms with van der Waals surface area (Å²) < 4.78 is 10.1. The van der Waals surface area contributed by atoms with Crippen molar-refractivity contribution in [2.24, 2.45) is 0 Å². The highest BCUT2D eigenvalue weighted by atomic mass is 32.1. The smallest absolute Gasteiger partial charge is 0.136 e. The van der Waals surface area contributed by atoms with Gasteiger partial charge in [0.05, 0.1) is 16.7 Å². The summed E-state index contributed by atoms with van der Waals surface area (Å²) >= 11 is 1.82. The zero-order valence-electron chi connectivity index (χ0n) is 28.1. The molecule has 0 radical (unpaired) electrons. The summed E-state index contributed by atoms with van der Waals surface area (Å²) in [4.78, 5) is 3.52. The molecule has 0 amide bonds. The first kappa shape index (κ1) is 29.1. The molecule has 0 unspecified atom stereocenters. The van der Waals surface area contributed by atoms with Crippen LogP contribution < -0.4 is 4.90 Å². The molecule has 0 saturated heterocycles. The van der Waals surface area contributed by atoms with Crippen LogP contribution in [-0.2, 0) is 0 Å². The van der Waals surface area contributed by atoms with E-state index in [-0.39, 0.29) is 0 Å². The van der Waals surface area contributed by atoms with Crippen molar-refractivity contribution in [1.82, 2.24) is 4.57 Å². The molecule has 0 N–H and O–H groups in total. The lowest BCUT2D eigenvalue weighted by Crippen LogP contribution is -2.12. The number of anilines is 2. The van der Waals surface area contributed by atoms with Crippen molar-refractivity contribution in [3.05, 3.63) is 187 Å². The van der Waals surface area contributed by atoms with Crippen LogP contribution in [-0.4, -0.2) is 4.57 Å². The number of hydrogen-bond donors (Lipinski definition) is 0. The maximum Gasteiger partial charge on any atom is 0.136 e. The second-order valence-corrected chi connectivity index (χ2v) is 14.5. The third-order valence-corrected chi connectivity index (χ3v) is 11.7. The van der Waals surface area contributed by atoms with Gasteiger partial charge in [0.15, 0.2) is 0 Å². The van der Waals surface area contributed by atoms with Crippen molar-refractivity contribution >= 4 is 88.2 Å². The van der Waals surface area contributed by atoms with Crippen molar-refractivity contribution in [3.63, 3.8) is 0 Å². The van der Waals surface area contributed by atoms with Gasteiger partial charge in [0.25, 0.3) is 0 Å². The lowest BCUT2D eigenvalue weighted by atomic mass is 9.91. The Hall–Kier alpha value is -6.62. The van der Waals surface area contributed by atoms with E-state index in [1.54, 1.807) is 0 Å². The zero-order chi connectivity index (χ0) is 34.3. The predicted octanol–water partition coefficient (Wildman–Crippen LogP) is 13.7. The number of thiophene rings is 1. The van der Waals surface area contributed by atoms with Crippen LogP contribution in [0.2, 0.25) is 0 Å². The first-order chi connectivity index (χ1) is 25.7. The van der Waals surface area contributed by atoms with Crippen LogP contribution in [0.1, 0.15) is 16.0 Å². The molecule has 4 heteroatoms. The number of benzene rings is 7. The molecule has 0 spiro atoms. The van der Waals surface area contributed by atoms with Gasteiger partial charge in [-0.2, -0.15) is 0 Å². The van der Waals surface area contributed by atoms with Gasteiger partial charge in [-0.3, -0.25) is 0 Å². The number of nitrogens with zero attached hydrogens (tertiary/aromatic N) is 2. The van der Waals surface area contributed by atoms with E-state index < -0.39 is 0 Å². The molecule has 1 aliphatic rings. The molecular formula is C48H30N2OS. The molecule has 244 valence electrons. The van der Waals surface area contributed by atoms with Gasteiger partial charge >= 0.3 is 0 Å². The number of para-hydroxylation sites is 3. The maximum absolute atomic E-state index is 6.40. The molecule has 7 aromatic carbocycles. The lowest BCUT2D eigenvalue weighted by molar-refractivity contribution is 0.669. The maximum atomic E-state index is 6.40. The average molecular weight is 683 g/mol. The SMILES string of the molecule is C=C1c2ccc(-c3ccc4c(c3)c3cc5oc6ccccc6c5cc3n4-c3ccccc3)cc2N(c2ccccc2)/C=C\c2sc3ccccc3c21. The topological polar surface area (TPSA) is 21.3 Å². The van der Waals surface area contributed by atoms with Gasteiger partial charge in [-0.1, -0.05) is 97.6 Å². The molecule has 0 atom stereocenters. The Balaban J connectivity index is 1.14. The van der Waals surface area contributed by atoms with E-state index >= 15 is 0 Å². The Labute approximate surface area is 304 Å². The molecule has 11 rings (SSSR count). The Morgan fingerprint density at radius 3 is 2.06 bits per heavy atom. The van der Waals surface area contributed by atoms with Gasteiger partial charge in [-0.15, -0.1) is 11.3 Å². The third kappa shape index (κ3) is 4.31. The van der Waals surface area contributed by atoms with E-state index in [4.69, 9.17) is 11.0 Å². The van der Waals surface area contributed by atoms with Gasteiger partial charge in [0.1, 0.15) is 11.2 Å². The zero-order valence-corrected chi connectivity index (χ0v) is 28.9. The quantitative estimate of drug-likeness (QED) is 0.185. The summed E-state index contributed by atoms with van der Waals surface area (Å²) in [6.07, 6.45) is 4.46. The average Bonchev–Trinajstić information content (AvgIpc) is 3.85. The molecule has 0 saturated carbocycles. The van der Waals surface area contributed by atoms with E-state index in [9.17, 15) is 0 Å². The summed E-state index contributed by atoms with van der Waals surface area (Å²) in [6.45, 7) is 4.73. The molecule has 4 heterocycles. The minimum Gasteiger partial charge on any atom is -0.456 e. The van der Waals surface area contributed by atoms with Crippen LogP contribution in [0.25, 0.3) is 82.3 Å².